The van der Waals surface area contributed by atoms with E-state index < -0.39 is 23.2 Å². The molecule has 0 aromatic heterocycles. The third kappa shape index (κ3) is 371. The maximum atomic E-state index is 8.40. The molecule has 39 valence electrons. The van der Waals surface area contributed by atoms with Gasteiger partial charge < -0.3 is 0 Å². The summed E-state index contributed by atoms with van der Waals surface area (Å²) >= 11 is -1.25. The molecule has 0 bridgehead atoms. The predicted octanol–water partition coefficient (Wildman–Crippen LogP) is -0.265. The van der Waals surface area contributed by atoms with Gasteiger partial charge in [0.05, 0.1) is 0 Å². The molecule has 0 saturated carbocycles. The molecule has 0 heterocycles. The average Bonchev–Trinajstić information content (AvgIpc) is 1.39. The van der Waals surface area contributed by atoms with Crippen molar-refractivity contribution in [1.29, 1.82) is 0 Å². The van der Waals surface area contributed by atoms with Crippen LogP contribution in [0.1, 0.15) is 0 Å². The Hall–Kier alpha value is 0.617. The summed E-state index contributed by atoms with van der Waals surface area (Å²) in [4.78, 5) is 0. The first kappa shape index (κ1) is 15.6. The van der Waals surface area contributed by atoms with Crippen LogP contribution in [0.25, 0.3) is 0 Å². The summed E-state index contributed by atoms with van der Waals surface area (Å²) in [5.41, 5.74) is 0. The Morgan fingerprint density at radius 2 is 1.14 bits per heavy atom. The van der Waals surface area contributed by atoms with E-state index in [-0.39, 0.29) is 18.9 Å². The summed E-state index contributed by atoms with van der Waals surface area (Å²) < 4.78 is 33.6. The first-order valence-electron chi connectivity index (χ1n) is 0.697. The van der Waals surface area contributed by atoms with Crippen LogP contribution in [0.15, 0.2) is 0 Å². The second kappa shape index (κ2) is 30.5. The van der Waals surface area contributed by atoms with Crippen molar-refractivity contribution in [3.05, 3.63) is 0 Å². The fourth-order valence-corrected chi connectivity index (χ4v) is 0. The van der Waals surface area contributed by atoms with E-state index in [1.165, 1.54) is 0 Å². The van der Waals surface area contributed by atoms with Crippen molar-refractivity contribution >= 4 is 27.2 Å². The van der Waals surface area contributed by atoms with Crippen LogP contribution in [0.5, 0.6) is 0 Å². The van der Waals surface area contributed by atoms with Crippen LogP contribution in [0.4, 0.5) is 0 Å². The van der Waals surface area contributed by atoms with Crippen molar-refractivity contribution in [2.45, 2.75) is 0 Å². The zero-order valence-electron chi connectivity index (χ0n) is 3.49. The van der Waals surface area contributed by atoms with Gasteiger partial charge in [-0.25, -0.2) is 9.13 Å². The van der Waals surface area contributed by atoms with Crippen LogP contribution in [0.2, 0.25) is 0 Å². The van der Waals surface area contributed by atoms with Gasteiger partial charge in [-0.1, -0.05) is 0 Å². The minimum absolute atomic E-state index is 0. The minimum atomic E-state index is -1.42. The summed E-state index contributed by atoms with van der Waals surface area (Å²) in [5, 5.41) is 0. The number of hydrogen-bond donors (Lipinski definition) is 0. The molecule has 0 aliphatic rings. The number of hydrogen-bond acceptors (Lipinski definition) is 4. The normalized spacial score (nSPS) is 4.00. The van der Waals surface area contributed by atoms with Crippen LogP contribution >= 0.6 is 8.34 Å². The van der Waals surface area contributed by atoms with Gasteiger partial charge in [-0.05, 0) is 0 Å². The molecule has 0 aromatic carbocycles. The van der Waals surface area contributed by atoms with Gasteiger partial charge in [-0.15, -0.1) is 0 Å². The summed E-state index contributed by atoms with van der Waals surface area (Å²) in [6.07, 6.45) is 0. The Kier molecular flexibility index (Phi) is 68.1. The molecule has 7 heteroatoms. The molecule has 0 atom stereocenters. The van der Waals surface area contributed by atoms with E-state index in [9.17, 15) is 0 Å². The summed E-state index contributed by atoms with van der Waals surface area (Å²) in [7, 11) is -1.42. The van der Waals surface area contributed by atoms with E-state index in [1.54, 1.807) is 0 Å². The van der Waals surface area contributed by atoms with E-state index in [0.717, 1.165) is 0 Å². The molecule has 0 rings (SSSR count). The Morgan fingerprint density at radius 1 is 1.14 bits per heavy atom. The molecule has 0 spiro atoms. The average molecular weight is 159 g/mol. The Labute approximate surface area is 59.0 Å². The number of rotatable bonds is 0. The molecular formula is HFeLiO4P. The molecule has 0 fully saturated rings. The van der Waals surface area contributed by atoms with Gasteiger partial charge in [-0.2, -0.15) is 0 Å². The van der Waals surface area contributed by atoms with Gasteiger partial charge >= 0.3 is 30.8 Å². The van der Waals surface area contributed by atoms with Crippen LogP contribution in [-0.2, 0) is 31.6 Å². The van der Waals surface area contributed by atoms with Crippen LogP contribution in [0.3, 0.4) is 0 Å². The molecule has 1 radical (unpaired) electrons. The van der Waals surface area contributed by atoms with Gasteiger partial charge in [0.25, 0.3) is 0 Å². The van der Waals surface area contributed by atoms with E-state index >= 15 is 0 Å². The molecule has 0 unspecified atom stereocenters. The SMILES string of the molecule is O=[PH]=O.[Li].[O]=[Fe]=[O]. The van der Waals surface area contributed by atoms with Crippen LogP contribution < -0.4 is 0 Å². The fraction of sp³-hybridized carbons (Fsp3) is 0. The Bertz CT molecular complexity index is 65.7. The molecule has 0 aromatic rings. The quantitative estimate of drug-likeness (QED) is 0.360. The standard InChI is InChI=1S/Fe.Li.HO2P.2O/c;;1-3-2;;/h;;3H;;. The van der Waals surface area contributed by atoms with Crippen LogP contribution in [0, 0.1) is 0 Å². The van der Waals surface area contributed by atoms with Gasteiger partial charge in [0, 0.05) is 18.9 Å². The molecule has 0 N–H and O–H groups in total. The first-order chi connectivity index (χ1) is 2.83. The monoisotopic (exact) mass is 159 g/mol. The topological polar surface area (TPSA) is 68.3 Å². The van der Waals surface area contributed by atoms with Crippen molar-refractivity contribution in [3.8, 4) is 0 Å². The second-order valence-corrected chi connectivity index (χ2v) is 0.493. The van der Waals surface area contributed by atoms with Gasteiger partial charge in [0.2, 0.25) is 0 Å². The molecule has 0 amide bonds. The van der Waals surface area contributed by atoms with E-state index in [2.05, 4.69) is 0 Å². The summed E-state index contributed by atoms with van der Waals surface area (Å²) in [6.45, 7) is 0. The Balaban J connectivity index is -0.0000000400. The zero-order valence-corrected chi connectivity index (χ0v) is 5.59. The van der Waals surface area contributed by atoms with Crippen molar-refractivity contribution in [1.82, 2.24) is 0 Å². The van der Waals surface area contributed by atoms with Crippen molar-refractivity contribution < 1.29 is 31.6 Å². The first-order valence-corrected chi connectivity index (χ1v) is 2.41. The zero-order chi connectivity index (χ0) is 5.41. The summed E-state index contributed by atoms with van der Waals surface area (Å²) in [6, 6.07) is 0. The maximum absolute atomic E-state index is 8.40. The molecular weight excluding hydrogens is 158 g/mol. The van der Waals surface area contributed by atoms with Crippen molar-refractivity contribution in [2.24, 2.45) is 0 Å². The third-order valence-corrected chi connectivity index (χ3v) is 0. The van der Waals surface area contributed by atoms with Gasteiger partial charge in [0.15, 0.2) is 0 Å². The summed E-state index contributed by atoms with van der Waals surface area (Å²) in [5.74, 6) is 0. The molecule has 0 saturated heterocycles. The Morgan fingerprint density at radius 3 is 1.14 bits per heavy atom. The van der Waals surface area contributed by atoms with E-state index in [4.69, 9.17) is 16.8 Å². The van der Waals surface area contributed by atoms with Gasteiger partial charge in [0.1, 0.15) is 0 Å². The molecule has 4 nitrogen and oxygen atoms in total. The van der Waals surface area contributed by atoms with Crippen molar-refractivity contribution in [3.63, 3.8) is 0 Å². The van der Waals surface area contributed by atoms with Crippen LogP contribution in [-0.4, -0.2) is 18.9 Å². The van der Waals surface area contributed by atoms with E-state index in [1.807, 2.05) is 0 Å². The second-order valence-electron chi connectivity index (χ2n) is 0.142. The molecule has 0 aliphatic heterocycles. The van der Waals surface area contributed by atoms with Crippen molar-refractivity contribution in [2.75, 3.05) is 0 Å². The third-order valence-electron chi connectivity index (χ3n) is 0. The van der Waals surface area contributed by atoms with E-state index in [0.29, 0.717) is 0 Å². The fourth-order valence-electron chi connectivity index (χ4n) is 0. The van der Waals surface area contributed by atoms with Gasteiger partial charge in [-0.3, -0.25) is 0 Å². The molecule has 0 aliphatic carbocycles. The molecule has 7 heavy (non-hydrogen) atoms. The predicted molar refractivity (Wildman–Crippen MR) is 16.8 cm³/mol.